The molecule has 1 fully saturated rings. The Kier molecular flexibility index (Phi) is 12.1. The molecule has 2 rings (SSSR count). The number of anilines is 1. The molecule has 0 radical (unpaired) electrons. The Labute approximate surface area is 158 Å². The van der Waals surface area contributed by atoms with Gasteiger partial charge in [-0.05, 0) is 57.1 Å². The third kappa shape index (κ3) is 7.39. The molecule has 1 atom stereocenters. The molecular formula is C18H31Cl2N3O. The minimum absolute atomic E-state index is 0. The number of benzene rings is 1. The molecule has 0 aliphatic carbocycles. The van der Waals surface area contributed by atoms with E-state index in [4.69, 9.17) is 0 Å². The number of amides is 1. The van der Waals surface area contributed by atoms with Gasteiger partial charge in [-0.2, -0.15) is 0 Å². The van der Waals surface area contributed by atoms with E-state index in [1.807, 2.05) is 19.1 Å². The maximum Gasteiger partial charge on any atom is 0.241 e. The van der Waals surface area contributed by atoms with Crippen molar-refractivity contribution in [1.29, 1.82) is 0 Å². The van der Waals surface area contributed by atoms with Crippen molar-refractivity contribution < 1.29 is 4.79 Å². The van der Waals surface area contributed by atoms with Gasteiger partial charge in [-0.3, -0.25) is 9.69 Å². The summed E-state index contributed by atoms with van der Waals surface area (Å²) in [5.74, 6) is 0.0995. The number of nitrogens with one attached hydrogen (secondary N) is 2. The van der Waals surface area contributed by atoms with Gasteiger partial charge in [0.2, 0.25) is 5.91 Å². The summed E-state index contributed by atoms with van der Waals surface area (Å²) in [5.41, 5.74) is 2.09. The molecule has 1 unspecified atom stereocenters. The molecule has 2 N–H and O–H groups in total. The lowest BCUT2D eigenvalue weighted by Gasteiger charge is -2.26. The zero-order valence-electron chi connectivity index (χ0n) is 14.7. The number of nitrogens with zero attached hydrogens (tertiary/aromatic N) is 1. The van der Waals surface area contributed by atoms with E-state index in [0.29, 0.717) is 0 Å². The van der Waals surface area contributed by atoms with Gasteiger partial charge < -0.3 is 10.6 Å². The van der Waals surface area contributed by atoms with E-state index in [0.717, 1.165) is 31.9 Å². The molecule has 0 bridgehead atoms. The van der Waals surface area contributed by atoms with Crippen LogP contribution in [0.15, 0.2) is 24.3 Å². The summed E-state index contributed by atoms with van der Waals surface area (Å²) in [5, 5.41) is 6.37. The zero-order chi connectivity index (χ0) is 15.8. The third-order valence-electron chi connectivity index (χ3n) is 4.34. The Morgan fingerprint density at radius 3 is 2.46 bits per heavy atom. The molecule has 1 aliphatic rings. The van der Waals surface area contributed by atoms with Crippen LogP contribution in [0.25, 0.3) is 0 Å². The Bertz CT molecular complexity index is 477. The summed E-state index contributed by atoms with van der Waals surface area (Å²) in [7, 11) is 0. The highest BCUT2D eigenvalue weighted by molar-refractivity contribution is 5.94. The molecular weight excluding hydrogens is 345 g/mol. The molecule has 1 heterocycles. The van der Waals surface area contributed by atoms with Crippen LogP contribution in [-0.2, 0) is 11.3 Å². The standard InChI is InChI=1S/C18H29N3O.2ClH/c1-3-19-14-16-9-8-10-17(13-16)20-18(22)15(2)21-11-6-4-5-7-12-21;;/h8-10,13,15,19H,3-7,11-12,14H2,1-2H3,(H,20,22);2*1H. The lowest BCUT2D eigenvalue weighted by molar-refractivity contribution is -0.120. The van der Waals surface area contributed by atoms with E-state index >= 15 is 0 Å². The van der Waals surface area contributed by atoms with E-state index in [9.17, 15) is 4.79 Å². The number of halogens is 2. The fourth-order valence-electron chi connectivity index (χ4n) is 2.92. The fourth-order valence-corrected chi connectivity index (χ4v) is 2.92. The maximum atomic E-state index is 12.5. The van der Waals surface area contributed by atoms with Crippen molar-refractivity contribution in [1.82, 2.24) is 10.2 Å². The summed E-state index contributed by atoms with van der Waals surface area (Å²) in [6, 6.07) is 8.03. The predicted octanol–water partition coefficient (Wildman–Crippen LogP) is 3.84. The number of carbonyl (C=O) groups is 1. The van der Waals surface area contributed by atoms with Gasteiger partial charge in [0.05, 0.1) is 6.04 Å². The van der Waals surface area contributed by atoms with Gasteiger partial charge in [-0.25, -0.2) is 0 Å². The van der Waals surface area contributed by atoms with Gasteiger partial charge >= 0.3 is 0 Å². The molecule has 1 aliphatic heterocycles. The molecule has 1 saturated heterocycles. The molecule has 138 valence electrons. The molecule has 0 saturated carbocycles. The van der Waals surface area contributed by atoms with Gasteiger partial charge in [-0.1, -0.05) is 31.9 Å². The summed E-state index contributed by atoms with van der Waals surface area (Å²) in [4.78, 5) is 14.8. The predicted molar refractivity (Wildman–Crippen MR) is 106 cm³/mol. The fraction of sp³-hybridized carbons (Fsp3) is 0.611. The first-order valence-corrected chi connectivity index (χ1v) is 8.55. The monoisotopic (exact) mass is 375 g/mol. The lowest BCUT2D eigenvalue weighted by Crippen LogP contribution is -2.42. The van der Waals surface area contributed by atoms with Gasteiger partial charge in [0.25, 0.3) is 0 Å². The summed E-state index contributed by atoms with van der Waals surface area (Å²) >= 11 is 0. The minimum Gasteiger partial charge on any atom is -0.325 e. The van der Waals surface area contributed by atoms with Crippen molar-refractivity contribution in [2.24, 2.45) is 0 Å². The van der Waals surface area contributed by atoms with Crippen molar-refractivity contribution in [2.45, 2.75) is 52.1 Å². The minimum atomic E-state index is -0.0597. The third-order valence-corrected chi connectivity index (χ3v) is 4.34. The Morgan fingerprint density at radius 1 is 1.17 bits per heavy atom. The number of likely N-dealkylation sites (tertiary alicyclic amines) is 1. The molecule has 1 amide bonds. The van der Waals surface area contributed by atoms with Gasteiger partial charge in [0.1, 0.15) is 0 Å². The molecule has 0 aromatic heterocycles. The Hall–Kier alpha value is -0.810. The van der Waals surface area contributed by atoms with Crippen molar-refractivity contribution in [2.75, 3.05) is 25.0 Å². The van der Waals surface area contributed by atoms with E-state index < -0.39 is 0 Å². The highest BCUT2D eigenvalue weighted by Crippen LogP contribution is 2.15. The van der Waals surface area contributed by atoms with E-state index in [-0.39, 0.29) is 36.8 Å². The van der Waals surface area contributed by atoms with E-state index in [1.54, 1.807) is 0 Å². The van der Waals surface area contributed by atoms with Crippen molar-refractivity contribution >= 4 is 36.4 Å². The van der Waals surface area contributed by atoms with Crippen molar-refractivity contribution in [3.63, 3.8) is 0 Å². The van der Waals surface area contributed by atoms with Crippen LogP contribution >= 0.6 is 24.8 Å². The largest absolute Gasteiger partial charge is 0.325 e. The van der Waals surface area contributed by atoms with Crippen LogP contribution in [-0.4, -0.2) is 36.5 Å². The number of hydrogen-bond acceptors (Lipinski definition) is 3. The maximum absolute atomic E-state index is 12.5. The molecule has 24 heavy (non-hydrogen) atoms. The van der Waals surface area contributed by atoms with Crippen LogP contribution in [0.3, 0.4) is 0 Å². The normalized spacial score (nSPS) is 16.2. The first-order chi connectivity index (χ1) is 10.7. The molecule has 0 spiro atoms. The number of hydrogen-bond donors (Lipinski definition) is 2. The Morgan fingerprint density at radius 2 is 1.83 bits per heavy atom. The first kappa shape index (κ1) is 23.2. The smallest absolute Gasteiger partial charge is 0.241 e. The first-order valence-electron chi connectivity index (χ1n) is 8.55. The molecule has 6 heteroatoms. The van der Waals surface area contributed by atoms with E-state index in [2.05, 4.69) is 34.6 Å². The van der Waals surface area contributed by atoms with Gasteiger partial charge in [-0.15, -0.1) is 24.8 Å². The average Bonchev–Trinajstić information content (AvgIpc) is 2.81. The molecule has 1 aromatic carbocycles. The second-order valence-corrected chi connectivity index (χ2v) is 6.10. The topological polar surface area (TPSA) is 44.4 Å². The number of rotatable bonds is 6. The average molecular weight is 376 g/mol. The molecule has 4 nitrogen and oxygen atoms in total. The van der Waals surface area contributed by atoms with E-state index in [1.165, 1.54) is 31.2 Å². The highest BCUT2D eigenvalue weighted by Gasteiger charge is 2.22. The van der Waals surface area contributed by atoms with Crippen molar-refractivity contribution in [3.05, 3.63) is 29.8 Å². The van der Waals surface area contributed by atoms with Crippen LogP contribution < -0.4 is 10.6 Å². The van der Waals surface area contributed by atoms with Gasteiger partial charge in [0.15, 0.2) is 0 Å². The Balaban J connectivity index is 0.00000264. The highest BCUT2D eigenvalue weighted by atomic mass is 35.5. The zero-order valence-corrected chi connectivity index (χ0v) is 16.3. The second-order valence-electron chi connectivity index (χ2n) is 6.10. The second kappa shape index (κ2) is 12.5. The SMILES string of the molecule is CCNCc1cccc(NC(=O)C(C)N2CCCCCC2)c1.Cl.Cl. The van der Waals surface area contributed by atoms with Crippen LogP contribution in [0.2, 0.25) is 0 Å². The quantitative estimate of drug-likeness (QED) is 0.793. The summed E-state index contributed by atoms with van der Waals surface area (Å²) < 4.78 is 0. The number of carbonyl (C=O) groups excluding carboxylic acids is 1. The van der Waals surface area contributed by atoms with Gasteiger partial charge in [0, 0.05) is 12.2 Å². The summed E-state index contributed by atoms with van der Waals surface area (Å²) in [6.45, 7) is 7.96. The van der Waals surface area contributed by atoms with Crippen LogP contribution in [0.4, 0.5) is 5.69 Å². The summed E-state index contributed by atoms with van der Waals surface area (Å²) in [6.07, 6.45) is 4.99. The van der Waals surface area contributed by atoms with Crippen LogP contribution in [0.1, 0.15) is 45.1 Å². The molecule has 1 aromatic rings. The van der Waals surface area contributed by atoms with Crippen LogP contribution in [0.5, 0.6) is 0 Å². The lowest BCUT2D eigenvalue weighted by atomic mass is 10.2. The van der Waals surface area contributed by atoms with Crippen molar-refractivity contribution in [3.8, 4) is 0 Å². The van der Waals surface area contributed by atoms with Crippen LogP contribution in [0, 0.1) is 0 Å².